The zero-order valence-corrected chi connectivity index (χ0v) is 18.1. The molecule has 1 aliphatic carbocycles. The van der Waals surface area contributed by atoms with Gasteiger partial charge in [-0.05, 0) is 56.9 Å². The molecule has 7 heteroatoms. The summed E-state index contributed by atoms with van der Waals surface area (Å²) in [6.45, 7) is 9.20. The summed E-state index contributed by atoms with van der Waals surface area (Å²) in [6.07, 6.45) is 7.47. The predicted octanol–water partition coefficient (Wildman–Crippen LogP) is 6.14. The van der Waals surface area contributed by atoms with Gasteiger partial charge in [-0.2, -0.15) is 5.10 Å². The molecule has 0 N–H and O–H groups in total. The monoisotopic (exact) mass is 428 g/mol. The Labute approximate surface area is 187 Å². The van der Waals surface area contributed by atoms with E-state index in [1.807, 2.05) is 29.9 Å². The molecular weight excluding hydrogens is 404 g/mol. The first-order chi connectivity index (χ1) is 15.6. The normalized spacial score (nSPS) is 17.4. The van der Waals surface area contributed by atoms with Crippen molar-refractivity contribution in [1.29, 1.82) is 0 Å². The Bertz CT molecular complexity index is 1200. The van der Waals surface area contributed by atoms with Crippen LogP contribution >= 0.6 is 0 Å². The molecule has 0 radical (unpaired) electrons. The summed E-state index contributed by atoms with van der Waals surface area (Å²) in [7, 11) is 1.40. The van der Waals surface area contributed by atoms with Gasteiger partial charge in [0.25, 0.3) is 0 Å². The minimum absolute atomic E-state index is 0.0317. The molecule has 0 spiro atoms. The molecule has 2 heterocycles. The molecule has 162 valence electrons. The van der Waals surface area contributed by atoms with Gasteiger partial charge in [0.1, 0.15) is 11.5 Å². The van der Waals surface area contributed by atoms with E-state index in [0.717, 1.165) is 48.1 Å². The molecule has 1 amide bonds. The van der Waals surface area contributed by atoms with Gasteiger partial charge >= 0.3 is 6.09 Å². The van der Waals surface area contributed by atoms with Crippen LogP contribution in [-0.4, -0.2) is 29.0 Å². The van der Waals surface area contributed by atoms with Gasteiger partial charge in [0.15, 0.2) is 5.69 Å². The van der Waals surface area contributed by atoms with E-state index in [1.165, 1.54) is 7.11 Å². The van der Waals surface area contributed by atoms with Crippen molar-refractivity contribution in [3.05, 3.63) is 65.8 Å². The Morgan fingerprint density at radius 2 is 1.94 bits per heavy atom. The summed E-state index contributed by atoms with van der Waals surface area (Å²) in [5.41, 5.74) is 4.25. The molecular formula is C25H24N4O3. The first-order valence-corrected chi connectivity index (χ1v) is 10.8. The minimum atomic E-state index is -0.375. The van der Waals surface area contributed by atoms with Gasteiger partial charge in [0, 0.05) is 28.9 Å². The molecule has 2 aliphatic rings. The highest BCUT2D eigenvalue weighted by Gasteiger charge is 2.33. The van der Waals surface area contributed by atoms with Crippen molar-refractivity contribution in [2.24, 2.45) is 0 Å². The molecule has 0 saturated heterocycles. The summed E-state index contributed by atoms with van der Waals surface area (Å²) < 4.78 is 13.5. The number of rotatable bonds is 4. The number of benzene rings is 2. The van der Waals surface area contributed by atoms with Crippen LogP contribution in [0, 0.1) is 6.57 Å². The molecule has 1 aliphatic heterocycles. The van der Waals surface area contributed by atoms with Gasteiger partial charge in [-0.3, -0.25) is 9.58 Å². The fraction of sp³-hybridized carbons (Fsp3) is 0.320. The maximum absolute atomic E-state index is 12.5. The average molecular weight is 428 g/mol. The van der Waals surface area contributed by atoms with E-state index in [0.29, 0.717) is 23.2 Å². The summed E-state index contributed by atoms with van der Waals surface area (Å²) >= 11 is 0. The maximum atomic E-state index is 12.5. The number of fused-ring (bicyclic) bond motifs is 1. The van der Waals surface area contributed by atoms with Crippen LogP contribution in [0.1, 0.15) is 37.8 Å². The van der Waals surface area contributed by atoms with Gasteiger partial charge in [-0.1, -0.05) is 12.1 Å². The van der Waals surface area contributed by atoms with Crippen LogP contribution in [0.15, 0.2) is 48.8 Å². The first kappa shape index (κ1) is 20.1. The van der Waals surface area contributed by atoms with E-state index in [9.17, 15) is 4.79 Å². The van der Waals surface area contributed by atoms with Crippen LogP contribution in [0.2, 0.25) is 0 Å². The van der Waals surface area contributed by atoms with Gasteiger partial charge in [0.05, 0.1) is 31.6 Å². The number of anilines is 1. The molecule has 1 saturated carbocycles. The molecule has 5 rings (SSSR count). The molecule has 0 bridgehead atoms. The standard InChI is InChI=1S/C25H24N4O3/c1-16-4-11-22-23(29(16)25(30)31-3)13-12-21(17-14-27-28(15-17)19-7-8-19)24(22)32-20-9-5-18(26-2)6-10-20/h5-6,9-10,12-16,19H,4,7-8,11H2,1,3H3/t16-/m0/s1. The third-order valence-electron chi connectivity index (χ3n) is 6.14. The molecule has 2 aromatic carbocycles. The first-order valence-electron chi connectivity index (χ1n) is 10.8. The number of hydrogen-bond acceptors (Lipinski definition) is 4. The summed E-state index contributed by atoms with van der Waals surface area (Å²) in [6, 6.07) is 11.6. The highest BCUT2D eigenvalue weighted by Crippen LogP contribution is 2.45. The molecule has 32 heavy (non-hydrogen) atoms. The van der Waals surface area contributed by atoms with E-state index in [2.05, 4.69) is 16.1 Å². The van der Waals surface area contributed by atoms with Gasteiger partial charge in [0.2, 0.25) is 0 Å². The molecule has 0 unspecified atom stereocenters. The Hall–Kier alpha value is -3.79. The van der Waals surface area contributed by atoms with Crippen LogP contribution < -0.4 is 9.64 Å². The average Bonchev–Trinajstić information content (AvgIpc) is 3.56. The Kier molecular flexibility index (Phi) is 5.06. The molecule has 1 aromatic heterocycles. The van der Waals surface area contributed by atoms with Gasteiger partial charge in [-0.25, -0.2) is 9.64 Å². The van der Waals surface area contributed by atoms with Crippen molar-refractivity contribution in [3.8, 4) is 22.6 Å². The Balaban J connectivity index is 1.62. The lowest BCUT2D eigenvalue weighted by Gasteiger charge is -2.35. The summed E-state index contributed by atoms with van der Waals surface area (Å²) in [5, 5.41) is 4.55. The number of ether oxygens (including phenoxy) is 2. The van der Waals surface area contributed by atoms with Gasteiger partial charge < -0.3 is 9.47 Å². The van der Waals surface area contributed by atoms with E-state index in [1.54, 1.807) is 29.2 Å². The van der Waals surface area contributed by atoms with Crippen LogP contribution in [0.4, 0.5) is 16.2 Å². The number of methoxy groups -OCH3 is 1. The smallest absolute Gasteiger partial charge is 0.414 e. The fourth-order valence-corrected chi connectivity index (χ4v) is 4.25. The van der Waals surface area contributed by atoms with E-state index in [-0.39, 0.29) is 12.1 Å². The number of nitrogens with zero attached hydrogens (tertiary/aromatic N) is 4. The van der Waals surface area contributed by atoms with Crippen molar-refractivity contribution in [1.82, 2.24) is 9.78 Å². The van der Waals surface area contributed by atoms with Crippen molar-refractivity contribution in [2.45, 2.75) is 44.7 Å². The number of carbonyl (C=O) groups excluding carboxylic acids is 1. The molecule has 3 aromatic rings. The quantitative estimate of drug-likeness (QED) is 0.469. The number of carbonyl (C=O) groups is 1. The lowest BCUT2D eigenvalue weighted by Crippen LogP contribution is -2.42. The van der Waals surface area contributed by atoms with E-state index in [4.69, 9.17) is 16.0 Å². The van der Waals surface area contributed by atoms with Crippen molar-refractivity contribution in [3.63, 3.8) is 0 Å². The zero-order valence-electron chi connectivity index (χ0n) is 18.1. The zero-order chi connectivity index (χ0) is 22.2. The van der Waals surface area contributed by atoms with Crippen LogP contribution in [0.3, 0.4) is 0 Å². The predicted molar refractivity (Wildman–Crippen MR) is 121 cm³/mol. The second kappa shape index (κ2) is 8.04. The summed E-state index contributed by atoms with van der Waals surface area (Å²) in [5.74, 6) is 1.36. The number of hydrogen-bond donors (Lipinski definition) is 0. The van der Waals surface area contributed by atoms with Crippen molar-refractivity contribution in [2.75, 3.05) is 12.0 Å². The van der Waals surface area contributed by atoms with E-state index < -0.39 is 0 Å². The highest BCUT2D eigenvalue weighted by molar-refractivity contribution is 5.92. The van der Waals surface area contributed by atoms with E-state index >= 15 is 0 Å². The summed E-state index contributed by atoms with van der Waals surface area (Å²) in [4.78, 5) is 17.7. The number of aromatic nitrogens is 2. The van der Waals surface area contributed by atoms with Crippen LogP contribution in [-0.2, 0) is 11.2 Å². The lowest BCUT2D eigenvalue weighted by atomic mass is 9.92. The van der Waals surface area contributed by atoms with Gasteiger partial charge in [-0.15, -0.1) is 0 Å². The molecule has 1 fully saturated rings. The fourth-order valence-electron chi connectivity index (χ4n) is 4.25. The molecule has 7 nitrogen and oxygen atoms in total. The SMILES string of the molecule is [C-]#[N+]c1ccc(Oc2c(-c3cnn(C4CC4)c3)ccc3c2CC[C@H](C)N3C(=O)OC)cc1. The second-order valence-corrected chi connectivity index (χ2v) is 8.32. The largest absolute Gasteiger partial charge is 0.456 e. The highest BCUT2D eigenvalue weighted by atomic mass is 16.5. The third kappa shape index (κ3) is 3.58. The Morgan fingerprint density at radius 1 is 1.16 bits per heavy atom. The lowest BCUT2D eigenvalue weighted by molar-refractivity contribution is 0.175. The number of amides is 1. The Morgan fingerprint density at radius 3 is 2.62 bits per heavy atom. The van der Waals surface area contributed by atoms with Crippen molar-refractivity contribution < 1.29 is 14.3 Å². The third-order valence-corrected chi connectivity index (χ3v) is 6.14. The minimum Gasteiger partial charge on any atom is -0.456 e. The van der Waals surface area contributed by atoms with Crippen LogP contribution in [0.5, 0.6) is 11.5 Å². The van der Waals surface area contributed by atoms with Crippen molar-refractivity contribution >= 4 is 17.5 Å². The van der Waals surface area contributed by atoms with Crippen LogP contribution in [0.25, 0.3) is 16.0 Å². The second-order valence-electron chi connectivity index (χ2n) is 8.32. The maximum Gasteiger partial charge on any atom is 0.414 e. The topological polar surface area (TPSA) is 61.0 Å². The molecule has 1 atom stereocenters.